The molecule has 2 atom stereocenters. The van der Waals surface area contributed by atoms with Crippen LogP contribution in [0.4, 0.5) is 4.39 Å². The number of likely N-dealkylation sites (tertiary alicyclic amines) is 1. The van der Waals surface area contributed by atoms with Gasteiger partial charge in [-0.3, -0.25) is 4.79 Å². The molecule has 1 aromatic carbocycles. The van der Waals surface area contributed by atoms with E-state index in [1.165, 1.54) is 12.1 Å². The molecule has 0 radical (unpaired) electrons. The van der Waals surface area contributed by atoms with E-state index in [-0.39, 0.29) is 30.8 Å². The number of hydrogen-bond donors (Lipinski definition) is 2. The third-order valence-electron chi connectivity index (χ3n) is 4.12. The minimum Gasteiger partial charge on any atom is -0.393 e. The number of aliphatic hydroxyl groups excluding tert-OH is 1. The minimum absolute atomic E-state index is 0.0118. The normalized spacial score (nSPS) is 23.9. The summed E-state index contributed by atoms with van der Waals surface area (Å²) in [5, 5.41) is 19.3. The van der Waals surface area contributed by atoms with E-state index in [1.54, 1.807) is 17.0 Å². The van der Waals surface area contributed by atoms with Crippen LogP contribution < -0.4 is 0 Å². The summed E-state index contributed by atoms with van der Waals surface area (Å²) in [6.07, 6.45) is 1.52. The van der Waals surface area contributed by atoms with E-state index in [0.717, 1.165) is 5.56 Å². The number of benzene rings is 1. The van der Waals surface area contributed by atoms with Gasteiger partial charge < -0.3 is 15.1 Å². The van der Waals surface area contributed by atoms with Crippen LogP contribution in [0.3, 0.4) is 0 Å². The first-order chi connectivity index (χ1) is 9.93. The Kier molecular flexibility index (Phi) is 4.96. The van der Waals surface area contributed by atoms with Crippen LogP contribution in [-0.2, 0) is 4.79 Å². The molecule has 1 saturated heterocycles. The molecule has 0 unspecified atom stereocenters. The fourth-order valence-corrected chi connectivity index (χ4v) is 2.75. The van der Waals surface area contributed by atoms with Crippen molar-refractivity contribution >= 4 is 5.91 Å². The molecule has 2 rings (SSSR count). The summed E-state index contributed by atoms with van der Waals surface area (Å²) in [5.74, 6) is -0.345. The van der Waals surface area contributed by atoms with E-state index in [2.05, 4.69) is 0 Å². The minimum atomic E-state index is -1.17. The van der Waals surface area contributed by atoms with Gasteiger partial charge in [0.1, 0.15) is 11.4 Å². The van der Waals surface area contributed by atoms with Gasteiger partial charge in [0.15, 0.2) is 0 Å². The highest BCUT2D eigenvalue weighted by Gasteiger charge is 2.34. The smallest absolute Gasteiger partial charge is 0.223 e. The summed E-state index contributed by atoms with van der Waals surface area (Å²) >= 11 is 0. The molecule has 116 valence electrons. The molecule has 1 heterocycles. The first-order valence-electron chi connectivity index (χ1n) is 7.30. The van der Waals surface area contributed by atoms with Gasteiger partial charge in [-0.25, -0.2) is 4.39 Å². The lowest BCUT2D eigenvalue weighted by Gasteiger charge is -2.38. The van der Waals surface area contributed by atoms with Gasteiger partial charge in [-0.05, 0) is 36.5 Å². The van der Waals surface area contributed by atoms with Crippen molar-refractivity contribution in [3.05, 3.63) is 35.6 Å². The Bertz CT molecular complexity index is 491. The molecule has 1 fully saturated rings. The zero-order valence-corrected chi connectivity index (χ0v) is 12.3. The summed E-state index contributed by atoms with van der Waals surface area (Å²) in [5.41, 5.74) is -0.258. The molecule has 1 aliphatic rings. The number of β-amino-alcohol motifs (C(OH)–C–C–N with tert-alkyl or cyclic N) is 1. The van der Waals surface area contributed by atoms with Crippen molar-refractivity contribution < 1.29 is 19.4 Å². The number of piperidine rings is 1. The fourth-order valence-electron chi connectivity index (χ4n) is 2.75. The Morgan fingerprint density at radius 2 is 2.10 bits per heavy atom. The Morgan fingerprint density at radius 3 is 2.71 bits per heavy atom. The number of hydrogen-bond acceptors (Lipinski definition) is 3. The van der Waals surface area contributed by atoms with Crippen molar-refractivity contribution in [2.75, 3.05) is 19.7 Å². The van der Waals surface area contributed by atoms with Gasteiger partial charge >= 0.3 is 0 Å². The summed E-state index contributed by atoms with van der Waals surface area (Å²) in [6.45, 7) is 2.38. The number of halogens is 1. The monoisotopic (exact) mass is 295 g/mol. The second-order valence-corrected chi connectivity index (χ2v) is 5.96. The molecular formula is C16H22FNO3. The average molecular weight is 295 g/mol. The van der Waals surface area contributed by atoms with Crippen molar-refractivity contribution in [1.29, 1.82) is 0 Å². The lowest BCUT2D eigenvalue weighted by atomic mass is 9.92. The standard InChI is InChI=1S/C16H22FNO3/c1-12(13-3-5-14(17)6-4-13)9-15(20)18-8-2-7-16(21,10-18)11-19/h3-6,12,19,21H,2,7-11H2,1H3/t12-,16+/m1/s1. The molecule has 0 saturated carbocycles. The number of aliphatic hydroxyl groups is 2. The predicted octanol–water partition coefficient (Wildman–Crippen LogP) is 1.67. The molecule has 0 bridgehead atoms. The van der Waals surface area contributed by atoms with Crippen molar-refractivity contribution in [1.82, 2.24) is 4.90 Å². The van der Waals surface area contributed by atoms with Gasteiger partial charge in [0.2, 0.25) is 5.91 Å². The second-order valence-electron chi connectivity index (χ2n) is 5.96. The Labute approximate surface area is 124 Å². The van der Waals surface area contributed by atoms with Crippen LogP contribution in [0.15, 0.2) is 24.3 Å². The first kappa shape index (κ1) is 15.9. The van der Waals surface area contributed by atoms with Gasteiger partial charge in [-0.15, -0.1) is 0 Å². The maximum atomic E-state index is 12.9. The van der Waals surface area contributed by atoms with Crippen LogP contribution >= 0.6 is 0 Å². The summed E-state index contributed by atoms with van der Waals surface area (Å²) in [6, 6.07) is 6.16. The molecule has 0 aliphatic carbocycles. The second kappa shape index (κ2) is 6.54. The zero-order chi connectivity index (χ0) is 15.5. The summed E-state index contributed by atoms with van der Waals surface area (Å²) in [4.78, 5) is 13.9. The maximum Gasteiger partial charge on any atom is 0.223 e. The first-order valence-corrected chi connectivity index (χ1v) is 7.30. The highest BCUT2D eigenvalue weighted by Crippen LogP contribution is 2.24. The molecule has 1 aromatic rings. The largest absolute Gasteiger partial charge is 0.393 e. The van der Waals surface area contributed by atoms with Gasteiger partial charge in [0.25, 0.3) is 0 Å². The maximum absolute atomic E-state index is 12.9. The molecule has 4 nitrogen and oxygen atoms in total. The Morgan fingerprint density at radius 1 is 1.43 bits per heavy atom. The van der Waals surface area contributed by atoms with E-state index in [0.29, 0.717) is 25.8 Å². The van der Waals surface area contributed by atoms with Crippen LogP contribution in [-0.4, -0.2) is 46.3 Å². The number of nitrogens with zero attached hydrogens (tertiary/aromatic N) is 1. The average Bonchev–Trinajstić information content (AvgIpc) is 2.48. The highest BCUT2D eigenvalue weighted by atomic mass is 19.1. The number of carbonyl (C=O) groups excluding carboxylic acids is 1. The van der Waals surface area contributed by atoms with Crippen molar-refractivity contribution in [3.8, 4) is 0 Å². The molecule has 21 heavy (non-hydrogen) atoms. The van der Waals surface area contributed by atoms with Crippen LogP contribution in [0.5, 0.6) is 0 Å². The quantitative estimate of drug-likeness (QED) is 0.888. The Balaban J connectivity index is 1.96. The van der Waals surface area contributed by atoms with E-state index in [1.807, 2.05) is 6.92 Å². The van der Waals surface area contributed by atoms with Crippen LogP contribution in [0.1, 0.15) is 37.7 Å². The molecule has 2 N–H and O–H groups in total. The Hall–Kier alpha value is -1.46. The van der Waals surface area contributed by atoms with Crippen molar-refractivity contribution in [2.24, 2.45) is 0 Å². The SMILES string of the molecule is C[C@H](CC(=O)N1CCC[C@@](O)(CO)C1)c1ccc(F)cc1. The van der Waals surface area contributed by atoms with Crippen LogP contribution in [0.25, 0.3) is 0 Å². The van der Waals surface area contributed by atoms with E-state index in [4.69, 9.17) is 0 Å². The molecule has 0 spiro atoms. The number of rotatable bonds is 4. The molecular weight excluding hydrogens is 273 g/mol. The molecule has 1 aliphatic heterocycles. The van der Waals surface area contributed by atoms with Crippen molar-refractivity contribution in [2.45, 2.75) is 37.7 Å². The zero-order valence-electron chi connectivity index (χ0n) is 12.3. The van der Waals surface area contributed by atoms with E-state index in [9.17, 15) is 19.4 Å². The summed E-state index contributed by atoms with van der Waals surface area (Å²) < 4.78 is 12.9. The number of amides is 1. The summed E-state index contributed by atoms with van der Waals surface area (Å²) in [7, 11) is 0. The lowest BCUT2D eigenvalue weighted by Crippen LogP contribution is -2.52. The topological polar surface area (TPSA) is 60.8 Å². The van der Waals surface area contributed by atoms with Crippen molar-refractivity contribution in [3.63, 3.8) is 0 Å². The van der Waals surface area contributed by atoms with Gasteiger partial charge in [0, 0.05) is 13.0 Å². The molecule has 0 aromatic heterocycles. The molecule has 5 heteroatoms. The fraction of sp³-hybridized carbons (Fsp3) is 0.562. The van der Waals surface area contributed by atoms with Crippen LogP contribution in [0.2, 0.25) is 0 Å². The molecule has 1 amide bonds. The van der Waals surface area contributed by atoms with Gasteiger partial charge in [0.05, 0.1) is 13.2 Å². The third kappa shape index (κ3) is 4.02. The predicted molar refractivity (Wildman–Crippen MR) is 77.3 cm³/mol. The van der Waals surface area contributed by atoms with Gasteiger partial charge in [-0.2, -0.15) is 0 Å². The lowest BCUT2D eigenvalue weighted by molar-refractivity contribution is -0.141. The van der Waals surface area contributed by atoms with Gasteiger partial charge in [-0.1, -0.05) is 19.1 Å². The highest BCUT2D eigenvalue weighted by molar-refractivity contribution is 5.77. The van der Waals surface area contributed by atoms with E-state index >= 15 is 0 Å². The third-order valence-corrected chi connectivity index (χ3v) is 4.12. The van der Waals surface area contributed by atoms with Crippen LogP contribution in [0, 0.1) is 5.82 Å². The van der Waals surface area contributed by atoms with E-state index < -0.39 is 5.60 Å². The number of carbonyl (C=O) groups is 1.